The zero-order chi connectivity index (χ0) is 11.1. The van der Waals surface area contributed by atoms with Crippen molar-refractivity contribution in [1.82, 2.24) is 0 Å². The zero-order valence-electron chi connectivity index (χ0n) is 7.05. The van der Waals surface area contributed by atoms with Crippen LogP contribution in [-0.4, -0.2) is 27.3 Å². The minimum absolute atomic E-state index is 0.369. The van der Waals surface area contributed by atoms with Gasteiger partial charge in [-0.05, 0) is 22.6 Å². The first-order valence-corrected chi connectivity index (χ1v) is 4.83. The van der Waals surface area contributed by atoms with Crippen LogP contribution in [0, 0.1) is 4.91 Å². The maximum Gasteiger partial charge on any atom is 0.310 e. The molecule has 3 N–H and O–H groups in total. The Labute approximate surface area is 93.1 Å². The SMILES string of the molecule is N[C@@H](I)OC(=O)C[C@H](CC(=O)O)N=O. The number of nitrogens with zero attached hydrogens (tertiary/aromatic N) is 1. The Morgan fingerprint density at radius 3 is 2.43 bits per heavy atom. The van der Waals surface area contributed by atoms with Gasteiger partial charge < -0.3 is 9.84 Å². The number of hydrogen-bond acceptors (Lipinski definition) is 6. The average Bonchev–Trinajstić information content (AvgIpc) is 2.00. The number of aliphatic carboxylic acids is 1. The molecule has 7 nitrogen and oxygen atoms in total. The van der Waals surface area contributed by atoms with Gasteiger partial charge in [-0.15, -0.1) is 0 Å². The van der Waals surface area contributed by atoms with E-state index in [9.17, 15) is 14.5 Å². The topological polar surface area (TPSA) is 119 Å². The van der Waals surface area contributed by atoms with E-state index < -0.39 is 28.6 Å². The number of carbonyl (C=O) groups is 2. The van der Waals surface area contributed by atoms with Crippen LogP contribution in [0.2, 0.25) is 0 Å². The number of carboxylic acids is 1. The number of nitroso groups, excluding NO2 is 1. The highest BCUT2D eigenvalue weighted by molar-refractivity contribution is 14.1. The van der Waals surface area contributed by atoms with Crippen molar-refractivity contribution in [1.29, 1.82) is 0 Å². The van der Waals surface area contributed by atoms with Gasteiger partial charge in [-0.25, -0.2) is 0 Å². The highest BCUT2D eigenvalue weighted by atomic mass is 127. The summed E-state index contributed by atoms with van der Waals surface area (Å²) in [6.07, 6.45) is -0.860. The van der Waals surface area contributed by atoms with Crippen molar-refractivity contribution in [2.45, 2.75) is 23.1 Å². The molecule has 0 heterocycles. The second kappa shape index (κ2) is 6.65. The molecule has 0 aromatic carbocycles. The lowest BCUT2D eigenvalue weighted by atomic mass is 10.1. The molecule has 0 aliphatic heterocycles. The van der Waals surface area contributed by atoms with E-state index in [4.69, 9.17) is 10.8 Å². The van der Waals surface area contributed by atoms with Gasteiger partial charge in [0.2, 0.25) is 4.23 Å². The third-order valence-electron chi connectivity index (χ3n) is 1.21. The van der Waals surface area contributed by atoms with Gasteiger partial charge in [-0.1, -0.05) is 5.18 Å². The summed E-state index contributed by atoms with van der Waals surface area (Å²) in [6.45, 7) is 0. The van der Waals surface area contributed by atoms with E-state index in [1.54, 1.807) is 22.6 Å². The minimum atomic E-state index is -1.19. The number of carboxylic acid groups (broad SMARTS) is 1. The van der Waals surface area contributed by atoms with Gasteiger partial charge in [-0.2, -0.15) is 4.91 Å². The molecular weight excluding hydrogens is 307 g/mol. The fourth-order valence-corrected chi connectivity index (χ4v) is 0.998. The highest BCUT2D eigenvalue weighted by Crippen LogP contribution is 2.06. The summed E-state index contributed by atoms with van der Waals surface area (Å²) in [6, 6.07) is -1.10. The third-order valence-corrected chi connectivity index (χ3v) is 1.46. The number of hydrogen-bond donors (Lipinski definition) is 2. The molecule has 80 valence electrons. The van der Waals surface area contributed by atoms with Crippen LogP contribution in [0.15, 0.2) is 5.18 Å². The minimum Gasteiger partial charge on any atom is -0.481 e. The molecule has 0 aromatic rings. The second-order valence-corrected chi connectivity index (χ2v) is 3.63. The van der Waals surface area contributed by atoms with Gasteiger partial charge in [0.15, 0.2) is 0 Å². The van der Waals surface area contributed by atoms with E-state index in [0.29, 0.717) is 0 Å². The van der Waals surface area contributed by atoms with Gasteiger partial charge in [-0.3, -0.25) is 15.3 Å². The lowest BCUT2D eigenvalue weighted by Crippen LogP contribution is -2.24. The first kappa shape index (κ1) is 13.2. The van der Waals surface area contributed by atoms with Gasteiger partial charge >= 0.3 is 11.9 Å². The molecule has 0 unspecified atom stereocenters. The molecule has 0 spiro atoms. The lowest BCUT2D eigenvalue weighted by Gasteiger charge is -2.08. The fraction of sp³-hybridized carbons (Fsp3) is 0.667. The summed E-state index contributed by atoms with van der Waals surface area (Å²) in [4.78, 5) is 31.2. The molecule has 8 heteroatoms. The Kier molecular flexibility index (Phi) is 6.28. The van der Waals surface area contributed by atoms with Crippen LogP contribution >= 0.6 is 22.6 Å². The standard InChI is InChI=1S/C6H9IN2O5/c7-6(8)14-5(12)2-3(9-13)1-4(10)11/h3,6H,1-2,8H2,(H,10,11)/t3-,6+/m0/s1. The molecule has 0 aliphatic rings. The van der Waals surface area contributed by atoms with E-state index in [1.807, 2.05) is 0 Å². The maximum absolute atomic E-state index is 10.9. The van der Waals surface area contributed by atoms with Crippen LogP contribution in [0.4, 0.5) is 0 Å². The molecular formula is C6H9IN2O5. The van der Waals surface area contributed by atoms with Crippen molar-refractivity contribution in [2.24, 2.45) is 10.9 Å². The zero-order valence-corrected chi connectivity index (χ0v) is 9.21. The Balaban J connectivity index is 3.98. The number of alkyl halides is 1. The summed E-state index contributed by atoms with van der Waals surface area (Å²) in [5.74, 6) is -1.93. The molecule has 0 aromatic heterocycles. The Bertz CT molecular complexity index is 232. The molecule has 0 radical (unpaired) electrons. The van der Waals surface area contributed by atoms with Crippen LogP contribution in [0.25, 0.3) is 0 Å². The van der Waals surface area contributed by atoms with Crippen molar-refractivity contribution in [3.8, 4) is 0 Å². The molecule has 0 bridgehead atoms. The van der Waals surface area contributed by atoms with Crippen LogP contribution in [0.5, 0.6) is 0 Å². The average molecular weight is 316 g/mol. The predicted octanol–water partition coefficient (Wildman–Crippen LogP) is 0.207. The summed E-state index contributed by atoms with van der Waals surface area (Å²) < 4.78 is 3.69. The number of nitrogens with two attached hydrogens (primary N) is 1. The van der Waals surface area contributed by atoms with Crippen molar-refractivity contribution < 1.29 is 19.4 Å². The molecule has 0 amide bonds. The van der Waals surface area contributed by atoms with E-state index in [2.05, 4.69) is 9.91 Å². The van der Waals surface area contributed by atoms with E-state index in [-0.39, 0.29) is 6.42 Å². The van der Waals surface area contributed by atoms with Crippen molar-refractivity contribution in [3.63, 3.8) is 0 Å². The summed E-state index contributed by atoms with van der Waals surface area (Å²) in [5, 5.41) is 10.8. The number of carbonyl (C=O) groups excluding carboxylic acids is 1. The van der Waals surface area contributed by atoms with Crippen molar-refractivity contribution >= 4 is 34.5 Å². The van der Waals surface area contributed by atoms with E-state index in [0.717, 1.165) is 0 Å². The lowest BCUT2D eigenvalue weighted by molar-refractivity contribution is -0.145. The molecule has 0 aliphatic carbocycles. The molecule has 0 rings (SSSR count). The first-order chi connectivity index (χ1) is 6.45. The summed E-state index contributed by atoms with van der Waals surface area (Å²) in [7, 11) is 0. The van der Waals surface area contributed by atoms with Gasteiger partial charge in [0.25, 0.3) is 0 Å². The Morgan fingerprint density at radius 1 is 1.50 bits per heavy atom. The summed E-state index contributed by atoms with van der Waals surface area (Å²) in [5.41, 5.74) is 5.13. The third kappa shape index (κ3) is 6.71. The molecule has 0 saturated heterocycles. The van der Waals surface area contributed by atoms with Crippen LogP contribution in [0.1, 0.15) is 12.8 Å². The normalized spacial score (nSPS) is 14.1. The molecule has 0 saturated carbocycles. The Morgan fingerprint density at radius 2 is 2.07 bits per heavy atom. The molecule has 2 atom stereocenters. The number of rotatable bonds is 6. The summed E-state index contributed by atoms with van der Waals surface area (Å²) >= 11 is 1.65. The molecule has 14 heavy (non-hydrogen) atoms. The number of ether oxygens (including phenoxy) is 1. The Hall–Kier alpha value is -0.770. The van der Waals surface area contributed by atoms with Crippen molar-refractivity contribution in [3.05, 3.63) is 4.91 Å². The maximum atomic E-state index is 10.9. The smallest absolute Gasteiger partial charge is 0.310 e. The molecule has 0 fully saturated rings. The van der Waals surface area contributed by atoms with Gasteiger partial charge in [0.05, 0.1) is 12.8 Å². The largest absolute Gasteiger partial charge is 0.481 e. The quantitative estimate of drug-likeness (QED) is 0.180. The number of esters is 1. The number of halogens is 1. The van der Waals surface area contributed by atoms with Gasteiger partial charge in [0.1, 0.15) is 6.04 Å². The highest BCUT2D eigenvalue weighted by Gasteiger charge is 2.19. The van der Waals surface area contributed by atoms with E-state index >= 15 is 0 Å². The van der Waals surface area contributed by atoms with Crippen LogP contribution < -0.4 is 5.73 Å². The first-order valence-electron chi connectivity index (χ1n) is 3.59. The van der Waals surface area contributed by atoms with Crippen LogP contribution in [-0.2, 0) is 14.3 Å². The van der Waals surface area contributed by atoms with Crippen LogP contribution in [0.3, 0.4) is 0 Å². The second-order valence-electron chi connectivity index (χ2n) is 2.40. The van der Waals surface area contributed by atoms with Crippen molar-refractivity contribution in [2.75, 3.05) is 0 Å². The fourth-order valence-electron chi connectivity index (χ4n) is 0.714. The predicted molar refractivity (Wildman–Crippen MR) is 54.5 cm³/mol. The van der Waals surface area contributed by atoms with Gasteiger partial charge in [0, 0.05) is 0 Å². The monoisotopic (exact) mass is 316 g/mol. The van der Waals surface area contributed by atoms with E-state index in [1.165, 1.54) is 0 Å².